The quantitative estimate of drug-likeness (QED) is 0.532. The van der Waals surface area contributed by atoms with Crippen molar-refractivity contribution in [3.8, 4) is 0 Å². The van der Waals surface area contributed by atoms with Gasteiger partial charge in [-0.15, -0.1) is 0 Å². The number of rotatable bonds is 9. The maximum Gasteiger partial charge on any atom is 0.238 e. The monoisotopic (exact) mass is 417 g/mol. The van der Waals surface area contributed by atoms with Crippen molar-refractivity contribution in [2.24, 2.45) is 0 Å². The molecule has 0 radical (unpaired) electrons. The van der Waals surface area contributed by atoms with Crippen molar-refractivity contribution in [2.75, 3.05) is 25.0 Å². The Hall–Kier alpha value is -3.18. The molecule has 0 heterocycles. The molecule has 162 valence electrons. The highest BCUT2D eigenvalue weighted by atomic mass is 16.2. The number of fused-ring (bicyclic) bond motifs is 1. The van der Waals surface area contributed by atoms with Gasteiger partial charge in [0.25, 0.3) is 0 Å². The normalized spacial score (nSPS) is 12.0. The van der Waals surface area contributed by atoms with E-state index >= 15 is 0 Å². The Bertz CT molecular complexity index is 1050. The Labute approximate surface area is 184 Å². The molecule has 0 saturated carbocycles. The molecule has 3 aromatic carbocycles. The van der Waals surface area contributed by atoms with Gasteiger partial charge in [-0.05, 0) is 60.8 Å². The minimum absolute atomic E-state index is 0.0854. The van der Waals surface area contributed by atoms with Crippen LogP contribution in [0.15, 0.2) is 66.7 Å². The van der Waals surface area contributed by atoms with Crippen molar-refractivity contribution < 1.29 is 9.59 Å². The van der Waals surface area contributed by atoms with Crippen LogP contribution in [0, 0.1) is 6.92 Å². The van der Waals surface area contributed by atoms with Crippen molar-refractivity contribution in [3.63, 3.8) is 0 Å². The molecule has 0 unspecified atom stereocenters. The van der Waals surface area contributed by atoms with E-state index < -0.39 is 0 Å². The zero-order valence-corrected chi connectivity index (χ0v) is 18.5. The molecule has 0 aliphatic rings. The van der Waals surface area contributed by atoms with Crippen LogP contribution < -0.4 is 10.6 Å². The first-order valence-electron chi connectivity index (χ1n) is 10.8. The van der Waals surface area contributed by atoms with Crippen molar-refractivity contribution in [2.45, 2.75) is 33.2 Å². The summed E-state index contributed by atoms with van der Waals surface area (Å²) < 4.78 is 0. The summed E-state index contributed by atoms with van der Waals surface area (Å²) in [5.41, 5.74) is 2.88. The Balaban J connectivity index is 1.57. The predicted octanol–water partition coefficient (Wildman–Crippen LogP) is 4.68. The minimum atomic E-state index is -0.113. The Morgan fingerprint density at radius 2 is 1.58 bits per heavy atom. The van der Waals surface area contributed by atoms with Crippen LogP contribution in [-0.4, -0.2) is 36.3 Å². The molecule has 0 aliphatic carbocycles. The fraction of sp³-hybridized carbons (Fsp3) is 0.308. The van der Waals surface area contributed by atoms with Crippen molar-refractivity contribution in [3.05, 3.63) is 77.9 Å². The highest BCUT2D eigenvalue weighted by Crippen LogP contribution is 2.20. The number of benzene rings is 3. The molecule has 3 aromatic rings. The minimum Gasteiger partial charge on any atom is -0.348 e. The number of hydrogen-bond donors (Lipinski definition) is 2. The molecular formula is C26H31N3O2. The molecule has 2 N–H and O–H groups in total. The zero-order chi connectivity index (χ0) is 22.2. The fourth-order valence-electron chi connectivity index (χ4n) is 3.69. The zero-order valence-electron chi connectivity index (χ0n) is 18.5. The molecule has 1 atom stereocenters. The van der Waals surface area contributed by atoms with E-state index in [0.29, 0.717) is 6.54 Å². The average Bonchev–Trinajstić information content (AvgIpc) is 2.75. The molecule has 0 fully saturated rings. The third kappa shape index (κ3) is 6.40. The Morgan fingerprint density at radius 3 is 2.32 bits per heavy atom. The van der Waals surface area contributed by atoms with E-state index in [4.69, 9.17) is 0 Å². The number of carbonyl (C=O) groups excluding carboxylic acids is 2. The van der Waals surface area contributed by atoms with Gasteiger partial charge in [0, 0.05) is 5.69 Å². The lowest BCUT2D eigenvalue weighted by molar-refractivity contribution is -0.124. The molecule has 0 saturated heterocycles. The van der Waals surface area contributed by atoms with Gasteiger partial charge in [0.15, 0.2) is 0 Å². The third-order valence-corrected chi connectivity index (χ3v) is 5.34. The Kier molecular flexibility index (Phi) is 7.79. The average molecular weight is 418 g/mol. The summed E-state index contributed by atoms with van der Waals surface area (Å²) in [5, 5.41) is 8.35. The van der Waals surface area contributed by atoms with Gasteiger partial charge < -0.3 is 10.6 Å². The van der Waals surface area contributed by atoms with Gasteiger partial charge in [-0.2, -0.15) is 0 Å². The van der Waals surface area contributed by atoms with E-state index in [-0.39, 0.29) is 30.9 Å². The van der Waals surface area contributed by atoms with Crippen LogP contribution in [0.4, 0.5) is 5.69 Å². The molecule has 31 heavy (non-hydrogen) atoms. The molecule has 5 heteroatoms. The highest BCUT2D eigenvalue weighted by Gasteiger charge is 2.17. The number of amides is 2. The van der Waals surface area contributed by atoms with E-state index in [9.17, 15) is 9.59 Å². The maximum absolute atomic E-state index is 12.7. The van der Waals surface area contributed by atoms with Gasteiger partial charge in [-0.25, -0.2) is 0 Å². The molecule has 0 bridgehead atoms. The number of nitrogens with zero attached hydrogens (tertiary/aromatic N) is 1. The van der Waals surface area contributed by atoms with Gasteiger partial charge in [0.2, 0.25) is 11.8 Å². The van der Waals surface area contributed by atoms with Crippen molar-refractivity contribution in [1.82, 2.24) is 10.2 Å². The number of para-hydroxylation sites is 1. The third-order valence-electron chi connectivity index (χ3n) is 5.34. The second-order valence-electron chi connectivity index (χ2n) is 7.97. The van der Waals surface area contributed by atoms with E-state index in [1.54, 1.807) is 0 Å². The number of aryl methyl sites for hydroxylation is 1. The van der Waals surface area contributed by atoms with Gasteiger partial charge in [-0.3, -0.25) is 14.5 Å². The summed E-state index contributed by atoms with van der Waals surface area (Å²) >= 11 is 0. The number of anilines is 1. The molecule has 3 rings (SSSR count). The number of hydrogen-bond acceptors (Lipinski definition) is 3. The predicted molar refractivity (Wildman–Crippen MR) is 127 cm³/mol. The van der Waals surface area contributed by atoms with Crippen LogP contribution in [0.3, 0.4) is 0 Å². The van der Waals surface area contributed by atoms with Crippen LogP contribution in [0.1, 0.15) is 37.4 Å². The van der Waals surface area contributed by atoms with E-state index in [0.717, 1.165) is 28.6 Å². The smallest absolute Gasteiger partial charge is 0.238 e. The first-order valence-corrected chi connectivity index (χ1v) is 10.8. The lowest BCUT2D eigenvalue weighted by Gasteiger charge is -2.22. The largest absolute Gasteiger partial charge is 0.348 e. The van der Waals surface area contributed by atoms with Gasteiger partial charge in [0.1, 0.15) is 0 Å². The van der Waals surface area contributed by atoms with E-state index in [1.807, 2.05) is 68.1 Å². The summed E-state index contributed by atoms with van der Waals surface area (Å²) in [7, 11) is 0. The van der Waals surface area contributed by atoms with Gasteiger partial charge in [0.05, 0.1) is 19.1 Å². The first-order chi connectivity index (χ1) is 15.0. The topological polar surface area (TPSA) is 61.4 Å². The molecule has 0 aromatic heterocycles. The standard InChI is InChI=1S/C26H31N3O2/c1-4-15-29(18-26(31)28-24-12-8-5-9-19(24)2)17-25(30)27-20(3)22-14-13-21-10-6-7-11-23(21)16-22/h5-14,16,20H,4,15,17-18H2,1-3H3,(H,27,30)(H,28,31)/t20-/m0/s1. The molecule has 5 nitrogen and oxygen atoms in total. The highest BCUT2D eigenvalue weighted by molar-refractivity contribution is 5.93. The van der Waals surface area contributed by atoms with Crippen LogP contribution in [0.5, 0.6) is 0 Å². The fourth-order valence-corrected chi connectivity index (χ4v) is 3.69. The second-order valence-corrected chi connectivity index (χ2v) is 7.97. The van der Waals surface area contributed by atoms with Crippen LogP contribution >= 0.6 is 0 Å². The van der Waals surface area contributed by atoms with Gasteiger partial charge in [-0.1, -0.05) is 61.5 Å². The van der Waals surface area contributed by atoms with Crippen molar-refractivity contribution >= 4 is 28.3 Å². The summed E-state index contributed by atoms with van der Waals surface area (Å²) in [6.07, 6.45) is 0.866. The Morgan fingerprint density at radius 1 is 0.903 bits per heavy atom. The number of nitrogens with one attached hydrogen (secondary N) is 2. The summed E-state index contributed by atoms with van der Waals surface area (Å²) in [5.74, 6) is -0.198. The summed E-state index contributed by atoms with van der Waals surface area (Å²) in [4.78, 5) is 27.1. The van der Waals surface area contributed by atoms with Crippen LogP contribution in [0.2, 0.25) is 0 Å². The van der Waals surface area contributed by atoms with Gasteiger partial charge >= 0.3 is 0 Å². The molecule has 0 spiro atoms. The van der Waals surface area contributed by atoms with E-state index in [2.05, 4.69) is 34.9 Å². The SMILES string of the molecule is CCCN(CC(=O)Nc1ccccc1C)CC(=O)N[C@@H](C)c1ccc2ccccc2c1. The lowest BCUT2D eigenvalue weighted by atomic mass is 10.0. The van der Waals surface area contributed by atoms with E-state index in [1.165, 1.54) is 5.39 Å². The second kappa shape index (κ2) is 10.7. The molecule has 2 amide bonds. The first kappa shape index (κ1) is 22.5. The number of carbonyl (C=O) groups is 2. The lowest BCUT2D eigenvalue weighted by Crippen LogP contribution is -2.42. The molecule has 0 aliphatic heterocycles. The van der Waals surface area contributed by atoms with Crippen LogP contribution in [-0.2, 0) is 9.59 Å². The van der Waals surface area contributed by atoms with Crippen LogP contribution in [0.25, 0.3) is 10.8 Å². The molecular weight excluding hydrogens is 386 g/mol. The summed E-state index contributed by atoms with van der Waals surface area (Å²) in [6, 6.07) is 22.0. The summed E-state index contributed by atoms with van der Waals surface area (Å²) in [6.45, 7) is 7.03. The van der Waals surface area contributed by atoms with Crippen molar-refractivity contribution in [1.29, 1.82) is 0 Å². The maximum atomic E-state index is 12.7.